The molecule has 0 saturated carbocycles. The predicted octanol–water partition coefficient (Wildman–Crippen LogP) is 6.19. The van der Waals surface area contributed by atoms with Gasteiger partial charge in [0.05, 0.1) is 27.4 Å². The van der Waals surface area contributed by atoms with Gasteiger partial charge in [-0.3, -0.25) is 28.8 Å². The molecule has 2 heterocycles. The van der Waals surface area contributed by atoms with Crippen LogP contribution in [-0.4, -0.2) is 40.6 Å². The number of halogens is 3. The van der Waals surface area contributed by atoms with E-state index >= 15 is 0 Å². The number of alkyl halides is 2. The number of hydrogen-bond acceptors (Lipinski definition) is 10. The fourth-order valence-electron chi connectivity index (χ4n) is 4.37. The van der Waals surface area contributed by atoms with E-state index in [0.29, 0.717) is 39.6 Å². The third-order valence-corrected chi connectivity index (χ3v) is 9.07. The van der Waals surface area contributed by atoms with Crippen LogP contribution in [0.15, 0.2) is 105 Å². The van der Waals surface area contributed by atoms with Gasteiger partial charge in [0.25, 0.3) is 32.9 Å². The molecule has 18 heteroatoms. The molecule has 5 aromatic rings. The molecular formula is C30H22ClF2N7O6S2. The van der Waals surface area contributed by atoms with E-state index in [0.717, 1.165) is 18.3 Å². The maximum atomic E-state index is 13.5. The van der Waals surface area contributed by atoms with Gasteiger partial charge in [-0.05, 0) is 61.0 Å². The van der Waals surface area contributed by atoms with Gasteiger partial charge in [0.1, 0.15) is 21.9 Å². The summed E-state index contributed by atoms with van der Waals surface area (Å²) in [6.45, 7) is 1.74. The Bertz CT molecular complexity index is 2250. The van der Waals surface area contributed by atoms with Crippen LogP contribution in [0, 0.1) is 17.0 Å². The standard InChI is InChI=1S/C30H22ClF2N7O6S2/c1-17-5-4-14-39-27(17)36-26(35-18-8-11-20(12-9-18)47-30(32)33)22(29(39)42)16-34-37-28(41)21-13-10-19(40(43)44)15-25(21)48(45,46)38-24-7-3-2-6-23(24)31/h2-16,30,35,38H,1H3,(H,37,41)/b34-16+. The fraction of sp³-hybridized carbons (Fsp3) is 0.0667. The van der Waals surface area contributed by atoms with E-state index in [1.807, 2.05) is 0 Å². The van der Waals surface area contributed by atoms with Crippen LogP contribution in [0.25, 0.3) is 5.65 Å². The highest BCUT2D eigenvalue weighted by Crippen LogP contribution is 2.29. The number of aromatic nitrogens is 2. The number of fused-ring (bicyclic) bond motifs is 1. The van der Waals surface area contributed by atoms with Crippen molar-refractivity contribution in [3.8, 4) is 0 Å². The van der Waals surface area contributed by atoms with Crippen molar-refractivity contribution in [2.45, 2.75) is 22.5 Å². The number of nitro benzene ring substituents is 1. The number of thioether (sulfide) groups is 1. The number of carbonyl (C=O) groups is 1. The van der Waals surface area contributed by atoms with E-state index in [9.17, 15) is 36.9 Å². The highest BCUT2D eigenvalue weighted by molar-refractivity contribution is 7.99. The van der Waals surface area contributed by atoms with E-state index in [1.165, 1.54) is 53.1 Å². The molecule has 0 bridgehead atoms. The van der Waals surface area contributed by atoms with Crippen LogP contribution < -0.4 is 21.0 Å². The summed E-state index contributed by atoms with van der Waals surface area (Å²) < 4.78 is 55.6. The van der Waals surface area contributed by atoms with E-state index < -0.39 is 48.3 Å². The monoisotopic (exact) mass is 713 g/mol. The van der Waals surface area contributed by atoms with Gasteiger partial charge >= 0.3 is 0 Å². The Morgan fingerprint density at radius 3 is 2.52 bits per heavy atom. The Labute approximate surface area is 279 Å². The summed E-state index contributed by atoms with van der Waals surface area (Å²) in [5.74, 6) is -3.66. The van der Waals surface area contributed by atoms with Gasteiger partial charge in [0.15, 0.2) is 0 Å². The highest BCUT2D eigenvalue weighted by Gasteiger charge is 2.26. The summed E-state index contributed by atoms with van der Waals surface area (Å²) >= 11 is 6.44. The third-order valence-electron chi connectivity index (χ3n) is 6.61. The number of anilines is 3. The molecule has 5 rings (SSSR count). The average Bonchev–Trinajstić information content (AvgIpc) is 3.04. The van der Waals surface area contributed by atoms with Crippen molar-refractivity contribution in [3.63, 3.8) is 0 Å². The number of rotatable bonds is 11. The molecule has 3 N–H and O–H groups in total. The van der Waals surface area contributed by atoms with Crippen LogP contribution in [0.1, 0.15) is 21.5 Å². The minimum Gasteiger partial charge on any atom is -0.339 e. The number of non-ortho nitro benzene ring substituents is 1. The topological polar surface area (TPSA) is 177 Å². The summed E-state index contributed by atoms with van der Waals surface area (Å²) in [6.07, 6.45) is 2.47. The second kappa shape index (κ2) is 14.2. The number of nitro groups is 1. The smallest absolute Gasteiger partial charge is 0.288 e. The number of hydrogen-bond donors (Lipinski definition) is 3. The summed E-state index contributed by atoms with van der Waals surface area (Å²) in [5.41, 5.74) is 1.69. The zero-order chi connectivity index (χ0) is 34.6. The van der Waals surface area contributed by atoms with E-state index in [2.05, 4.69) is 25.6 Å². The first-order valence-electron chi connectivity index (χ1n) is 13.6. The van der Waals surface area contributed by atoms with Gasteiger partial charge in [-0.25, -0.2) is 18.8 Å². The zero-order valence-corrected chi connectivity index (χ0v) is 26.8. The molecule has 0 aliphatic rings. The van der Waals surface area contributed by atoms with Crippen LogP contribution >= 0.6 is 23.4 Å². The lowest BCUT2D eigenvalue weighted by molar-refractivity contribution is -0.385. The van der Waals surface area contributed by atoms with E-state index in [1.54, 1.807) is 25.1 Å². The minimum atomic E-state index is -4.60. The first-order chi connectivity index (χ1) is 22.8. The summed E-state index contributed by atoms with van der Waals surface area (Å²) in [4.78, 5) is 41.5. The summed E-state index contributed by atoms with van der Waals surface area (Å²) in [6, 6.07) is 17.8. The lowest BCUT2D eigenvalue weighted by atomic mass is 10.2. The SMILES string of the molecule is Cc1cccn2c(=O)c(/C=N/NC(=O)c3ccc([N+](=O)[O-])cc3S(=O)(=O)Nc3ccccc3Cl)c(Nc3ccc(SC(F)F)cc3)nc12. The van der Waals surface area contributed by atoms with Crippen LogP contribution in [0.4, 0.5) is 31.7 Å². The van der Waals surface area contributed by atoms with Crippen LogP contribution in [0.3, 0.4) is 0 Å². The molecule has 48 heavy (non-hydrogen) atoms. The Morgan fingerprint density at radius 2 is 1.83 bits per heavy atom. The molecule has 246 valence electrons. The van der Waals surface area contributed by atoms with Crippen LogP contribution in [0.2, 0.25) is 5.02 Å². The lowest BCUT2D eigenvalue weighted by Crippen LogP contribution is -2.25. The van der Waals surface area contributed by atoms with Crippen LogP contribution in [-0.2, 0) is 10.0 Å². The van der Waals surface area contributed by atoms with Crippen molar-refractivity contribution < 1.29 is 26.9 Å². The molecule has 0 fully saturated rings. The second-order valence-corrected chi connectivity index (χ2v) is 12.9. The largest absolute Gasteiger partial charge is 0.339 e. The summed E-state index contributed by atoms with van der Waals surface area (Å²) in [7, 11) is -4.60. The van der Waals surface area contributed by atoms with Crippen molar-refractivity contribution in [1.29, 1.82) is 0 Å². The van der Waals surface area contributed by atoms with Crippen molar-refractivity contribution in [2.75, 3.05) is 10.0 Å². The Balaban J connectivity index is 1.49. The van der Waals surface area contributed by atoms with Gasteiger partial charge in [0, 0.05) is 28.9 Å². The number of carbonyl (C=O) groups excluding carboxylic acids is 1. The van der Waals surface area contributed by atoms with Crippen molar-refractivity contribution in [1.82, 2.24) is 14.8 Å². The fourth-order valence-corrected chi connectivity index (χ4v) is 6.42. The van der Waals surface area contributed by atoms with Crippen LogP contribution in [0.5, 0.6) is 0 Å². The molecule has 0 aliphatic heterocycles. The first-order valence-corrected chi connectivity index (χ1v) is 16.3. The van der Waals surface area contributed by atoms with Crippen molar-refractivity contribution in [2.24, 2.45) is 5.10 Å². The third kappa shape index (κ3) is 7.59. The molecule has 13 nitrogen and oxygen atoms in total. The number of pyridine rings is 1. The van der Waals surface area contributed by atoms with Gasteiger partial charge in [-0.15, -0.1) is 0 Å². The molecule has 0 radical (unpaired) electrons. The van der Waals surface area contributed by atoms with Crippen molar-refractivity contribution in [3.05, 3.63) is 127 Å². The number of aryl methyl sites for hydroxylation is 1. The number of amides is 1. The predicted molar refractivity (Wildman–Crippen MR) is 178 cm³/mol. The number of hydrazone groups is 1. The molecule has 0 atom stereocenters. The highest BCUT2D eigenvalue weighted by atomic mass is 35.5. The minimum absolute atomic E-state index is 0.0177. The first kappa shape index (κ1) is 34.0. The van der Waals surface area contributed by atoms with Gasteiger partial charge in [0.2, 0.25) is 0 Å². The van der Waals surface area contributed by atoms with E-state index in [-0.39, 0.29) is 22.1 Å². The zero-order valence-electron chi connectivity index (χ0n) is 24.4. The number of nitrogens with zero attached hydrogens (tertiary/aromatic N) is 4. The molecular weight excluding hydrogens is 692 g/mol. The molecule has 0 unspecified atom stereocenters. The maximum absolute atomic E-state index is 13.5. The van der Waals surface area contributed by atoms with Gasteiger partial charge < -0.3 is 5.32 Å². The Hall–Kier alpha value is -5.39. The lowest BCUT2D eigenvalue weighted by Gasteiger charge is -2.13. The molecule has 0 spiro atoms. The molecule has 2 aromatic heterocycles. The van der Waals surface area contributed by atoms with Crippen molar-refractivity contribution >= 4 is 74.0 Å². The van der Waals surface area contributed by atoms with E-state index in [4.69, 9.17) is 11.6 Å². The summed E-state index contributed by atoms with van der Waals surface area (Å²) in [5, 5.41) is 18.3. The number of benzene rings is 3. The quantitative estimate of drug-likeness (QED) is 0.0624. The van der Waals surface area contributed by atoms with Gasteiger partial charge in [-0.1, -0.05) is 41.6 Å². The maximum Gasteiger partial charge on any atom is 0.288 e. The number of nitrogens with one attached hydrogen (secondary N) is 3. The molecule has 3 aromatic carbocycles. The molecule has 0 saturated heterocycles. The normalized spacial score (nSPS) is 11.6. The van der Waals surface area contributed by atoms with Gasteiger partial charge in [-0.2, -0.15) is 13.9 Å². The Kier molecular flexibility index (Phi) is 10.0. The average molecular weight is 714 g/mol. The second-order valence-electron chi connectivity index (χ2n) is 9.81. The number of sulfonamides is 1. The number of para-hydroxylation sites is 1. The Morgan fingerprint density at radius 1 is 1.10 bits per heavy atom. The molecule has 1 amide bonds. The molecule has 0 aliphatic carbocycles.